The van der Waals surface area contributed by atoms with E-state index in [9.17, 15) is 14.0 Å². The van der Waals surface area contributed by atoms with Crippen molar-refractivity contribution in [1.29, 1.82) is 0 Å². The monoisotopic (exact) mass is 324 g/mol. The summed E-state index contributed by atoms with van der Waals surface area (Å²) in [5.74, 6) is -1.12. The molecule has 0 aromatic heterocycles. The van der Waals surface area contributed by atoms with Gasteiger partial charge in [-0.3, -0.25) is 14.5 Å². The van der Waals surface area contributed by atoms with Crippen LogP contribution in [0.4, 0.5) is 10.1 Å². The number of carbonyl (C=O) groups is 2. The number of likely N-dealkylation sites (N-methyl/N-ethyl adjacent to an activating group) is 1. The number of nitrogens with zero attached hydrogens (tertiary/aromatic N) is 1. The first-order valence-electron chi connectivity index (χ1n) is 7.55. The molecule has 0 saturated heterocycles. The van der Waals surface area contributed by atoms with Crippen molar-refractivity contribution >= 4 is 23.1 Å². The number of halogens is 1. The Bertz CT molecular complexity index is 869. The third kappa shape index (κ3) is 2.69. The second-order valence-corrected chi connectivity index (χ2v) is 5.87. The quantitative estimate of drug-likeness (QED) is 0.882. The molecule has 1 aliphatic rings. The highest BCUT2D eigenvalue weighted by Gasteiger charge is 2.37. The zero-order chi connectivity index (χ0) is 17.4. The SMILES string of the molecule is Cc1ccc(C2=C(Nc3ccc(F)cc3)C(=O)N(C)C2=O)c(C)c1. The lowest BCUT2D eigenvalue weighted by atomic mass is 9.97. The Morgan fingerprint density at radius 2 is 1.62 bits per heavy atom. The van der Waals surface area contributed by atoms with E-state index in [2.05, 4.69) is 5.32 Å². The number of nitrogens with one attached hydrogen (secondary N) is 1. The Hall–Kier alpha value is -2.95. The molecule has 2 aromatic rings. The molecule has 1 aliphatic heterocycles. The number of imide groups is 1. The summed E-state index contributed by atoms with van der Waals surface area (Å²) >= 11 is 0. The van der Waals surface area contributed by atoms with E-state index in [1.165, 1.54) is 31.3 Å². The van der Waals surface area contributed by atoms with Crippen LogP contribution in [-0.4, -0.2) is 23.8 Å². The van der Waals surface area contributed by atoms with Crippen LogP contribution in [-0.2, 0) is 9.59 Å². The average molecular weight is 324 g/mol. The fraction of sp³-hybridized carbons (Fsp3) is 0.158. The number of benzene rings is 2. The lowest BCUT2D eigenvalue weighted by Crippen LogP contribution is -2.27. The van der Waals surface area contributed by atoms with E-state index in [1.807, 2.05) is 32.0 Å². The molecule has 0 fully saturated rings. The summed E-state index contributed by atoms with van der Waals surface area (Å²) in [6.07, 6.45) is 0. The molecular weight excluding hydrogens is 307 g/mol. The van der Waals surface area contributed by atoms with Crippen LogP contribution in [0, 0.1) is 19.7 Å². The maximum absolute atomic E-state index is 13.1. The molecule has 0 aliphatic carbocycles. The number of hydrogen-bond donors (Lipinski definition) is 1. The van der Waals surface area contributed by atoms with Gasteiger partial charge in [-0.1, -0.05) is 23.8 Å². The van der Waals surface area contributed by atoms with Crippen LogP contribution in [0.2, 0.25) is 0 Å². The van der Waals surface area contributed by atoms with Crippen molar-refractivity contribution in [2.24, 2.45) is 0 Å². The molecule has 1 heterocycles. The van der Waals surface area contributed by atoms with Crippen molar-refractivity contribution in [3.05, 3.63) is 70.7 Å². The first kappa shape index (κ1) is 15.9. The minimum Gasteiger partial charge on any atom is -0.350 e. The molecule has 0 bridgehead atoms. The highest BCUT2D eigenvalue weighted by Crippen LogP contribution is 2.31. The molecule has 1 N–H and O–H groups in total. The van der Waals surface area contributed by atoms with Crippen molar-refractivity contribution in [2.75, 3.05) is 12.4 Å². The summed E-state index contributed by atoms with van der Waals surface area (Å²) in [5, 5.41) is 2.97. The summed E-state index contributed by atoms with van der Waals surface area (Å²) in [7, 11) is 1.45. The van der Waals surface area contributed by atoms with E-state index in [0.717, 1.165) is 16.0 Å². The molecule has 3 rings (SSSR count). The van der Waals surface area contributed by atoms with Gasteiger partial charge in [0, 0.05) is 12.7 Å². The van der Waals surface area contributed by atoms with Crippen LogP contribution in [0.15, 0.2) is 48.2 Å². The van der Waals surface area contributed by atoms with E-state index in [1.54, 1.807) is 0 Å². The van der Waals surface area contributed by atoms with Gasteiger partial charge in [0.15, 0.2) is 0 Å². The molecule has 24 heavy (non-hydrogen) atoms. The number of amides is 2. The summed E-state index contributed by atoms with van der Waals surface area (Å²) < 4.78 is 13.1. The Morgan fingerprint density at radius 3 is 2.25 bits per heavy atom. The van der Waals surface area contributed by atoms with Crippen molar-refractivity contribution in [1.82, 2.24) is 4.90 Å². The van der Waals surface area contributed by atoms with E-state index >= 15 is 0 Å². The smallest absolute Gasteiger partial charge is 0.277 e. The Balaban J connectivity index is 2.11. The Labute approximate surface area is 139 Å². The second-order valence-electron chi connectivity index (χ2n) is 5.87. The highest BCUT2D eigenvalue weighted by atomic mass is 19.1. The zero-order valence-corrected chi connectivity index (χ0v) is 13.7. The Kier molecular flexibility index (Phi) is 3.93. The van der Waals surface area contributed by atoms with Crippen LogP contribution in [0.1, 0.15) is 16.7 Å². The fourth-order valence-electron chi connectivity index (χ4n) is 2.78. The number of anilines is 1. The number of hydrogen-bond acceptors (Lipinski definition) is 3. The normalized spacial score (nSPS) is 14.6. The van der Waals surface area contributed by atoms with Gasteiger partial charge in [0.2, 0.25) is 0 Å². The molecule has 0 saturated carbocycles. The molecule has 0 atom stereocenters. The van der Waals surface area contributed by atoms with Gasteiger partial charge in [0.1, 0.15) is 11.5 Å². The third-order valence-corrected chi connectivity index (χ3v) is 4.05. The van der Waals surface area contributed by atoms with Crippen LogP contribution in [0.25, 0.3) is 5.57 Å². The molecule has 0 spiro atoms. The minimum atomic E-state index is -0.403. The lowest BCUT2D eigenvalue weighted by Gasteiger charge is -2.10. The van der Waals surface area contributed by atoms with Gasteiger partial charge < -0.3 is 5.32 Å². The van der Waals surface area contributed by atoms with Gasteiger partial charge in [-0.2, -0.15) is 0 Å². The number of carbonyl (C=O) groups excluding carboxylic acids is 2. The van der Waals surface area contributed by atoms with Gasteiger partial charge in [0.25, 0.3) is 11.8 Å². The first-order valence-corrected chi connectivity index (χ1v) is 7.55. The van der Waals surface area contributed by atoms with Crippen molar-refractivity contribution < 1.29 is 14.0 Å². The molecule has 4 nitrogen and oxygen atoms in total. The Morgan fingerprint density at radius 1 is 0.958 bits per heavy atom. The summed E-state index contributed by atoms with van der Waals surface area (Å²) in [6.45, 7) is 3.87. The van der Waals surface area contributed by atoms with Crippen LogP contribution in [0.3, 0.4) is 0 Å². The maximum atomic E-state index is 13.1. The third-order valence-electron chi connectivity index (χ3n) is 4.05. The molecule has 5 heteroatoms. The molecular formula is C19H17FN2O2. The zero-order valence-electron chi connectivity index (χ0n) is 13.7. The minimum absolute atomic E-state index is 0.209. The number of aryl methyl sites for hydroxylation is 2. The van der Waals surface area contributed by atoms with Crippen LogP contribution < -0.4 is 5.32 Å². The second kappa shape index (κ2) is 5.92. The summed E-state index contributed by atoms with van der Waals surface area (Å²) in [6, 6.07) is 11.4. The molecule has 0 unspecified atom stereocenters. The summed E-state index contributed by atoms with van der Waals surface area (Å²) in [4.78, 5) is 26.1. The van der Waals surface area contributed by atoms with Gasteiger partial charge in [-0.15, -0.1) is 0 Å². The van der Waals surface area contributed by atoms with E-state index in [4.69, 9.17) is 0 Å². The van der Waals surface area contributed by atoms with Crippen molar-refractivity contribution in [2.45, 2.75) is 13.8 Å². The highest BCUT2D eigenvalue weighted by molar-refractivity contribution is 6.36. The first-order chi connectivity index (χ1) is 11.4. The number of rotatable bonds is 3. The van der Waals surface area contributed by atoms with Crippen LogP contribution >= 0.6 is 0 Å². The van der Waals surface area contributed by atoms with Gasteiger partial charge in [-0.05, 0) is 49.2 Å². The molecule has 2 aromatic carbocycles. The molecule has 0 radical (unpaired) electrons. The molecule has 122 valence electrons. The lowest BCUT2D eigenvalue weighted by molar-refractivity contribution is -0.135. The van der Waals surface area contributed by atoms with Gasteiger partial charge in [-0.25, -0.2) is 4.39 Å². The van der Waals surface area contributed by atoms with Crippen LogP contribution in [0.5, 0.6) is 0 Å². The molecule has 2 amide bonds. The maximum Gasteiger partial charge on any atom is 0.277 e. The van der Waals surface area contributed by atoms with E-state index in [0.29, 0.717) is 16.8 Å². The topological polar surface area (TPSA) is 49.4 Å². The largest absolute Gasteiger partial charge is 0.350 e. The predicted octanol–water partition coefficient (Wildman–Crippen LogP) is 3.26. The van der Waals surface area contributed by atoms with E-state index in [-0.39, 0.29) is 17.4 Å². The summed E-state index contributed by atoms with van der Waals surface area (Å²) in [5.41, 5.74) is 3.80. The van der Waals surface area contributed by atoms with Gasteiger partial charge >= 0.3 is 0 Å². The van der Waals surface area contributed by atoms with Gasteiger partial charge in [0.05, 0.1) is 5.57 Å². The average Bonchev–Trinajstić information content (AvgIpc) is 2.75. The van der Waals surface area contributed by atoms with Crippen molar-refractivity contribution in [3.8, 4) is 0 Å². The fourth-order valence-corrected chi connectivity index (χ4v) is 2.78. The van der Waals surface area contributed by atoms with Crippen molar-refractivity contribution in [3.63, 3.8) is 0 Å². The van der Waals surface area contributed by atoms with E-state index < -0.39 is 5.91 Å². The predicted molar refractivity (Wildman–Crippen MR) is 90.6 cm³/mol. The standard InChI is InChI=1S/C19H17FN2O2/c1-11-4-9-15(12(2)10-11)16-17(19(24)22(3)18(16)23)21-14-7-5-13(20)6-8-14/h4-10,21H,1-3H3.